The standard InChI is InChI=1S/C14H24N2/c1-3-5-9-16-13-7-6-8-14(16)11-12(10-13)15-4-2/h12-15H,4,6-11H2,1-2H3. The lowest BCUT2D eigenvalue weighted by Crippen LogP contribution is -2.56. The molecule has 1 N–H and O–H groups in total. The van der Waals surface area contributed by atoms with Crippen molar-refractivity contribution in [2.24, 2.45) is 0 Å². The Morgan fingerprint density at radius 1 is 1.25 bits per heavy atom. The van der Waals surface area contributed by atoms with Crippen LogP contribution in [0.1, 0.15) is 46.0 Å². The van der Waals surface area contributed by atoms with Crippen molar-refractivity contribution in [1.29, 1.82) is 0 Å². The van der Waals surface area contributed by atoms with Gasteiger partial charge in [0, 0.05) is 18.1 Å². The third kappa shape index (κ3) is 2.59. The molecular formula is C14H24N2. The van der Waals surface area contributed by atoms with Crippen LogP contribution in [0.5, 0.6) is 0 Å². The van der Waals surface area contributed by atoms with Crippen LogP contribution in [0, 0.1) is 11.8 Å². The van der Waals surface area contributed by atoms with Crippen molar-refractivity contribution in [3.63, 3.8) is 0 Å². The molecule has 0 amide bonds. The Labute approximate surface area is 99.8 Å². The highest BCUT2D eigenvalue weighted by molar-refractivity contribution is 5.03. The van der Waals surface area contributed by atoms with E-state index < -0.39 is 0 Å². The third-order valence-corrected chi connectivity index (χ3v) is 4.06. The number of hydrogen-bond donors (Lipinski definition) is 1. The molecule has 2 nitrogen and oxygen atoms in total. The van der Waals surface area contributed by atoms with Crippen molar-refractivity contribution in [3.8, 4) is 11.8 Å². The Morgan fingerprint density at radius 2 is 1.94 bits per heavy atom. The molecule has 16 heavy (non-hydrogen) atoms. The summed E-state index contributed by atoms with van der Waals surface area (Å²) < 4.78 is 0. The predicted molar refractivity (Wildman–Crippen MR) is 68.3 cm³/mol. The fourth-order valence-electron chi connectivity index (χ4n) is 3.36. The Morgan fingerprint density at radius 3 is 2.50 bits per heavy atom. The first-order chi connectivity index (χ1) is 7.85. The van der Waals surface area contributed by atoms with E-state index in [1.165, 1.54) is 32.1 Å². The number of nitrogens with zero attached hydrogens (tertiary/aromatic N) is 1. The topological polar surface area (TPSA) is 15.3 Å². The maximum atomic E-state index is 3.63. The molecule has 0 radical (unpaired) electrons. The maximum Gasteiger partial charge on any atom is 0.0606 e. The molecule has 2 aliphatic heterocycles. The van der Waals surface area contributed by atoms with Gasteiger partial charge >= 0.3 is 0 Å². The average molecular weight is 220 g/mol. The summed E-state index contributed by atoms with van der Waals surface area (Å²) in [7, 11) is 0. The van der Waals surface area contributed by atoms with Crippen LogP contribution in [0.25, 0.3) is 0 Å². The van der Waals surface area contributed by atoms with Gasteiger partial charge in [-0.1, -0.05) is 19.3 Å². The highest BCUT2D eigenvalue weighted by Gasteiger charge is 2.37. The van der Waals surface area contributed by atoms with Gasteiger partial charge in [0.05, 0.1) is 6.54 Å². The molecule has 0 aromatic heterocycles. The summed E-state index contributed by atoms with van der Waals surface area (Å²) >= 11 is 0. The van der Waals surface area contributed by atoms with E-state index in [-0.39, 0.29) is 0 Å². The van der Waals surface area contributed by atoms with Crippen LogP contribution in [-0.2, 0) is 0 Å². The van der Waals surface area contributed by atoms with Gasteiger partial charge in [0.2, 0.25) is 0 Å². The fourth-order valence-corrected chi connectivity index (χ4v) is 3.36. The van der Waals surface area contributed by atoms with Gasteiger partial charge in [-0.2, -0.15) is 0 Å². The molecular weight excluding hydrogens is 196 g/mol. The predicted octanol–water partition coefficient (Wildman–Crippen LogP) is 2.00. The van der Waals surface area contributed by atoms with E-state index in [1.807, 2.05) is 6.92 Å². The lowest BCUT2D eigenvalue weighted by Gasteiger charge is -2.48. The molecule has 90 valence electrons. The number of piperidine rings is 2. The second-order valence-corrected chi connectivity index (χ2v) is 5.06. The van der Waals surface area contributed by atoms with Crippen LogP contribution in [0.3, 0.4) is 0 Å². The molecule has 2 saturated heterocycles. The zero-order valence-electron chi connectivity index (χ0n) is 10.6. The Kier molecular flexibility index (Phi) is 4.26. The first kappa shape index (κ1) is 12.0. The Balaban J connectivity index is 1.98. The number of fused-ring (bicyclic) bond motifs is 2. The van der Waals surface area contributed by atoms with Gasteiger partial charge in [-0.25, -0.2) is 0 Å². The van der Waals surface area contributed by atoms with Gasteiger partial charge in [0.15, 0.2) is 0 Å². The number of rotatable bonds is 3. The molecule has 2 heterocycles. The van der Waals surface area contributed by atoms with E-state index in [1.54, 1.807) is 0 Å². The zero-order valence-corrected chi connectivity index (χ0v) is 10.6. The van der Waals surface area contributed by atoms with Gasteiger partial charge in [0.25, 0.3) is 0 Å². The minimum Gasteiger partial charge on any atom is -0.314 e. The zero-order chi connectivity index (χ0) is 11.4. The first-order valence-corrected chi connectivity index (χ1v) is 6.74. The van der Waals surface area contributed by atoms with E-state index in [9.17, 15) is 0 Å². The summed E-state index contributed by atoms with van der Waals surface area (Å²) in [5, 5.41) is 3.63. The molecule has 2 heteroatoms. The summed E-state index contributed by atoms with van der Waals surface area (Å²) in [5.41, 5.74) is 0. The van der Waals surface area contributed by atoms with Crippen LogP contribution in [0.15, 0.2) is 0 Å². The quantitative estimate of drug-likeness (QED) is 0.732. The molecule has 0 spiro atoms. The van der Waals surface area contributed by atoms with Crippen molar-refractivity contribution in [3.05, 3.63) is 0 Å². The van der Waals surface area contributed by atoms with E-state index in [2.05, 4.69) is 29.0 Å². The minimum atomic E-state index is 0.756. The summed E-state index contributed by atoms with van der Waals surface area (Å²) in [6.07, 6.45) is 6.84. The second kappa shape index (κ2) is 5.70. The lowest BCUT2D eigenvalue weighted by molar-refractivity contribution is 0.0371. The second-order valence-electron chi connectivity index (χ2n) is 5.06. The van der Waals surface area contributed by atoms with E-state index in [4.69, 9.17) is 0 Å². The van der Waals surface area contributed by atoms with Crippen LogP contribution >= 0.6 is 0 Å². The van der Waals surface area contributed by atoms with Crippen molar-refractivity contribution in [2.45, 2.75) is 64.1 Å². The van der Waals surface area contributed by atoms with E-state index >= 15 is 0 Å². The lowest BCUT2D eigenvalue weighted by atomic mass is 9.82. The number of hydrogen-bond acceptors (Lipinski definition) is 2. The number of nitrogens with one attached hydrogen (secondary N) is 1. The molecule has 2 aliphatic rings. The molecule has 0 aliphatic carbocycles. The summed E-state index contributed by atoms with van der Waals surface area (Å²) in [6.45, 7) is 6.26. The molecule has 0 aromatic carbocycles. The highest BCUT2D eigenvalue weighted by atomic mass is 15.2. The average Bonchev–Trinajstić information content (AvgIpc) is 2.26. The monoisotopic (exact) mass is 220 g/mol. The Bertz CT molecular complexity index is 262. The Hall–Kier alpha value is -0.520. The molecule has 2 unspecified atom stereocenters. The van der Waals surface area contributed by atoms with Gasteiger partial charge in [0.1, 0.15) is 0 Å². The van der Waals surface area contributed by atoms with Crippen LogP contribution < -0.4 is 5.32 Å². The maximum absolute atomic E-state index is 3.63. The van der Waals surface area contributed by atoms with Crippen molar-refractivity contribution in [2.75, 3.05) is 13.1 Å². The van der Waals surface area contributed by atoms with Gasteiger partial charge in [-0.3, -0.25) is 4.90 Å². The molecule has 0 saturated carbocycles. The molecule has 2 atom stereocenters. The van der Waals surface area contributed by atoms with E-state index in [0.29, 0.717) is 0 Å². The van der Waals surface area contributed by atoms with Gasteiger partial charge < -0.3 is 5.32 Å². The molecule has 2 rings (SSSR count). The van der Waals surface area contributed by atoms with Crippen LogP contribution in [0.2, 0.25) is 0 Å². The minimum absolute atomic E-state index is 0.756. The van der Waals surface area contributed by atoms with Crippen LogP contribution in [-0.4, -0.2) is 36.1 Å². The third-order valence-electron chi connectivity index (χ3n) is 4.06. The van der Waals surface area contributed by atoms with Crippen molar-refractivity contribution >= 4 is 0 Å². The summed E-state index contributed by atoms with van der Waals surface area (Å²) in [5.74, 6) is 6.28. The summed E-state index contributed by atoms with van der Waals surface area (Å²) in [4.78, 5) is 2.66. The van der Waals surface area contributed by atoms with Crippen molar-refractivity contribution in [1.82, 2.24) is 10.2 Å². The molecule has 0 aromatic rings. The van der Waals surface area contributed by atoms with Gasteiger partial charge in [-0.15, -0.1) is 5.92 Å². The van der Waals surface area contributed by atoms with Crippen LogP contribution in [0.4, 0.5) is 0 Å². The SMILES string of the molecule is CC#CCN1C2CCCC1CC(NCC)C2. The fraction of sp³-hybridized carbons (Fsp3) is 0.857. The smallest absolute Gasteiger partial charge is 0.0606 e. The summed E-state index contributed by atoms with van der Waals surface area (Å²) in [6, 6.07) is 2.33. The molecule has 2 bridgehead atoms. The normalized spacial score (nSPS) is 34.2. The molecule has 2 fully saturated rings. The van der Waals surface area contributed by atoms with Gasteiger partial charge in [-0.05, 0) is 39.2 Å². The largest absolute Gasteiger partial charge is 0.314 e. The van der Waals surface area contributed by atoms with Crippen molar-refractivity contribution < 1.29 is 0 Å². The first-order valence-electron chi connectivity index (χ1n) is 6.74. The highest BCUT2D eigenvalue weighted by Crippen LogP contribution is 2.33. The van der Waals surface area contributed by atoms with E-state index in [0.717, 1.165) is 31.2 Å².